The van der Waals surface area contributed by atoms with Gasteiger partial charge in [-0.2, -0.15) is 0 Å². The van der Waals surface area contributed by atoms with E-state index < -0.39 is 0 Å². The van der Waals surface area contributed by atoms with Crippen molar-refractivity contribution in [1.82, 2.24) is 4.98 Å². The molecule has 1 aromatic heterocycles. The molecule has 1 aromatic carbocycles. The lowest BCUT2D eigenvalue weighted by atomic mass is 9.95. The first-order valence-corrected chi connectivity index (χ1v) is 8.22. The highest BCUT2D eigenvalue weighted by atomic mass is 79.9. The number of rotatable bonds is 5. The Morgan fingerprint density at radius 3 is 2.50 bits per heavy atom. The maximum Gasteiger partial charge on any atom is 0.0797 e. The normalized spacial score (nSPS) is 12.6. The van der Waals surface area contributed by atoms with Crippen molar-refractivity contribution < 1.29 is 0 Å². The second-order valence-electron chi connectivity index (χ2n) is 4.66. The standard InChI is InChI=1S/C15H18BrNS/c1-11-3-5-13(6-4-11)14(9-16)7-8-15-12(2)17-10-18-15/h3-6,10,14H,7-9H2,1-2H3. The second-order valence-corrected chi connectivity index (χ2v) is 6.25. The van der Waals surface area contributed by atoms with Crippen molar-refractivity contribution in [2.75, 3.05) is 5.33 Å². The van der Waals surface area contributed by atoms with Gasteiger partial charge in [0.05, 0.1) is 11.2 Å². The molecule has 0 spiro atoms. The minimum atomic E-state index is 0.590. The third kappa shape index (κ3) is 3.42. The summed E-state index contributed by atoms with van der Waals surface area (Å²) in [7, 11) is 0. The monoisotopic (exact) mass is 323 g/mol. The van der Waals surface area contributed by atoms with E-state index in [2.05, 4.69) is 59.0 Å². The number of aryl methyl sites for hydroxylation is 3. The third-order valence-corrected chi connectivity index (χ3v) is 5.08. The summed E-state index contributed by atoms with van der Waals surface area (Å²) < 4.78 is 0. The molecule has 0 aliphatic heterocycles. The van der Waals surface area contributed by atoms with Crippen molar-refractivity contribution >= 4 is 27.3 Å². The van der Waals surface area contributed by atoms with Crippen molar-refractivity contribution in [2.24, 2.45) is 0 Å². The van der Waals surface area contributed by atoms with Gasteiger partial charge in [0.25, 0.3) is 0 Å². The van der Waals surface area contributed by atoms with Gasteiger partial charge in [0.1, 0.15) is 0 Å². The number of hydrogen-bond acceptors (Lipinski definition) is 2. The van der Waals surface area contributed by atoms with E-state index in [1.807, 2.05) is 5.51 Å². The molecule has 0 radical (unpaired) electrons. The zero-order valence-corrected chi connectivity index (χ0v) is 13.2. The van der Waals surface area contributed by atoms with E-state index in [1.165, 1.54) is 28.1 Å². The first kappa shape index (κ1) is 13.8. The summed E-state index contributed by atoms with van der Waals surface area (Å²) in [4.78, 5) is 5.74. The molecule has 1 unspecified atom stereocenters. The zero-order valence-electron chi connectivity index (χ0n) is 10.8. The highest BCUT2D eigenvalue weighted by Crippen LogP contribution is 2.26. The van der Waals surface area contributed by atoms with Gasteiger partial charge in [-0.05, 0) is 38.2 Å². The fraction of sp³-hybridized carbons (Fsp3) is 0.400. The summed E-state index contributed by atoms with van der Waals surface area (Å²) in [5.41, 5.74) is 5.89. The van der Waals surface area contributed by atoms with E-state index in [4.69, 9.17) is 0 Å². The largest absolute Gasteiger partial charge is 0.250 e. The third-order valence-electron chi connectivity index (χ3n) is 3.30. The Morgan fingerprint density at radius 1 is 1.22 bits per heavy atom. The van der Waals surface area contributed by atoms with E-state index >= 15 is 0 Å². The molecule has 0 bridgehead atoms. The molecule has 1 heterocycles. The molecular formula is C15H18BrNS. The van der Waals surface area contributed by atoms with E-state index in [-0.39, 0.29) is 0 Å². The van der Waals surface area contributed by atoms with Crippen molar-refractivity contribution in [1.29, 1.82) is 0 Å². The maximum atomic E-state index is 4.31. The van der Waals surface area contributed by atoms with Crippen LogP contribution < -0.4 is 0 Å². The predicted molar refractivity (Wildman–Crippen MR) is 82.9 cm³/mol. The maximum absolute atomic E-state index is 4.31. The average molecular weight is 324 g/mol. The smallest absolute Gasteiger partial charge is 0.0797 e. The SMILES string of the molecule is Cc1ccc(C(CBr)CCc2scnc2C)cc1. The van der Waals surface area contributed by atoms with Crippen LogP contribution in [0.15, 0.2) is 29.8 Å². The Balaban J connectivity index is 2.01. The summed E-state index contributed by atoms with van der Waals surface area (Å²) in [6, 6.07) is 8.90. The summed E-state index contributed by atoms with van der Waals surface area (Å²) in [6.45, 7) is 4.23. The minimum Gasteiger partial charge on any atom is -0.250 e. The van der Waals surface area contributed by atoms with Crippen molar-refractivity contribution in [3.8, 4) is 0 Å². The van der Waals surface area contributed by atoms with Crippen LogP contribution in [0.1, 0.15) is 34.0 Å². The lowest BCUT2D eigenvalue weighted by Crippen LogP contribution is -2.02. The molecule has 1 nitrogen and oxygen atoms in total. The molecule has 3 heteroatoms. The first-order valence-electron chi connectivity index (χ1n) is 6.22. The van der Waals surface area contributed by atoms with Crippen LogP contribution in [-0.4, -0.2) is 10.3 Å². The average Bonchev–Trinajstić information content (AvgIpc) is 2.78. The molecule has 1 atom stereocenters. The van der Waals surface area contributed by atoms with Gasteiger partial charge >= 0.3 is 0 Å². The Bertz CT molecular complexity index is 489. The molecule has 2 aromatic rings. The molecule has 0 aliphatic rings. The van der Waals surface area contributed by atoms with E-state index in [0.717, 1.165) is 11.8 Å². The minimum absolute atomic E-state index is 0.590. The highest BCUT2D eigenvalue weighted by Gasteiger charge is 2.11. The summed E-state index contributed by atoms with van der Waals surface area (Å²) >= 11 is 5.41. The molecule has 0 amide bonds. The second kappa shape index (κ2) is 6.48. The fourth-order valence-corrected chi connectivity index (χ4v) is 3.54. The molecule has 18 heavy (non-hydrogen) atoms. The predicted octanol–water partition coefficient (Wildman–Crippen LogP) is 4.87. The molecule has 2 rings (SSSR count). The number of alkyl halides is 1. The zero-order chi connectivity index (χ0) is 13.0. The van der Waals surface area contributed by atoms with Gasteiger partial charge in [0.15, 0.2) is 0 Å². The molecule has 0 fully saturated rings. The van der Waals surface area contributed by atoms with E-state index in [0.29, 0.717) is 5.92 Å². The van der Waals surface area contributed by atoms with Crippen LogP contribution in [0.4, 0.5) is 0 Å². The fourth-order valence-electron chi connectivity index (χ4n) is 2.04. The van der Waals surface area contributed by atoms with Gasteiger partial charge in [-0.1, -0.05) is 45.8 Å². The molecule has 0 aliphatic carbocycles. The molecule has 0 saturated carbocycles. The van der Waals surface area contributed by atoms with Crippen LogP contribution in [0.25, 0.3) is 0 Å². The summed E-state index contributed by atoms with van der Waals surface area (Å²) in [6.07, 6.45) is 2.30. The number of hydrogen-bond donors (Lipinski definition) is 0. The van der Waals surface area contributed by atoms with Crippen LogP contribution in [0.5, 0.6) is 0 Å². The quantitative estimate of drug-likeness (QED) is 0.715. The van der Waals surface area contributed by atoms with Crippen molar-refractivity contribution in [3.05, 3.63) is 51.5 Å². The number of thiazole rings is 1. The molecule has 0 saturated heterocycles. The van der Waals surface area contributed by atoms with E-state index in [1.54, 1.807) is 11.3 Å². The Hall–Kier alpha value is -0.670. The van der Waals surface area contributed by atoms with Crippen LogP contribution in [-0.2, 0) is 6.42 Å². The van der Waals surface area contributed by atoms with Gasteiger partial charge in [-0.15, -0.1) is 11.3 Å². The molecular weight excluding hydrogens is 306 g/mol. The Labute approximate surface area is 121 Å². The highest BCUT2D eigenvalue weighted by molar-refractivity contribution is 9.09. The summed E-state index contributed by atoms with van der Waals surface area (Å²) in [5.74, 6) is 0.590. The lowest BCUT2D eigenvalue weighted by Gasteiger charge is -2.14. The topological polar surface area (TPSA) is 12.9 Å². The Kier molecular flexibility index (Phi) is 4.95. The van der Waals surface area contributed by atoms with Crippen LogP contribution in [0, 0.1) is 13.8 Å². The van der Waals surface area contributed by atoms with Gasteiger partial charge in [0, 0.05) is 10.2 Å². The van der Waals surface area contributed by atoms with Gasteiger partial charge in [-0.25, -0.2) is 4.98 Å². The lowest BCUT2D eigenvalue weighted by molar-refractivity contribution is 0.694. The van der Waals surface area contributed by atoms with Crippen molar-refractivity contribution in [3.63, 3.8) is 0 Å². The molecule has 0 N–H and O–H groups in total. The number of nitrogens with zero attached hydrogens (tertiary/aromatic N) is 1. The van der Waals surface area contributed by atoms with E-state index in [9.17, 15) is 0 Å². The van der Waals surface area contributed by atoms with Crippen LogP contribution in [0.3, 0.4) is 0 Å². The van der Waals surface area contributed by atoms with Crippen molar-refractivity contribution in [2.45, 2.75) is 32.6 Å². The van der Waals surface area contributed by atoms with Crippen LogP contribution >= 0.6 is 27.3 Å². The van der Waals surface area contributed by atoms with Gasteiger partial charge in [0.2, 0.25) is 0 Å². The van der Waals surface area contributed by atoms with Crippen LogP contribution in [0.2, 0.25) is 0 Å². The first-order chi connectivity index (χ1) is 8.70. The Morgan fingerprint density at radius 2 is 1.94 bits per heavy atom. The van der Waals surface area contributed by atoms with Gasteiger partial charge in [-0.3, -0.25) is 0 Å². The number of benzene rings is 1. The number of halogens is 1. The summed E-state index contributed by atoms with van der Waals surface area (Å²) in [5, 5.41) is 1.02. The van der Waals surface area contributed by atoms with Gasteiger partial charge < -0.3 is 0 Å². The molecule has 96 valence electrons. The number of aromatic nitrogens is 1.